The van der Waals surface area contributed by atoms with Crippen LogP contribution >= 0.6 is 0 Å². The van der Waals surface area contributed by atoms with Crippen LogP contribution in [0, 0.1) is 11.6 Å². The fourth-order valence-corrected chi connectivity index (χ4v) is 1.93. The summed E-state index contributed by atoms with van der Waals surface area (Å²) in [7, 11) is -3.15. The second-order valence-corrected chi connectivity index (χ2v) is 5.81. The van der Waals surface area contributed by atoms with E-state index in [1.54, 1.807) is 0 Å². The van der Waals surface area contributed by atoms with Crippen molar-refractivity contribution in [3.63, 3.8) is 0 Å². The second kappa shape index (κ2) is 6.77. The number of benzene rings is 1. The summed E-state index contributed by atoms with van der Waals surface area (Å²) in [5.74, 6) is -1.21. The van der Waals surface area contributed by atoms with Gasteiger partial charge in [-0.25, -0.2) is 21.9 Å². The molecule has 1 rings (SSSR count). The molecule has 7 heteroatoms. The first-order chi connectivity index (χ1) is 8.37. The summed E-state index contributed by atoms with van der Waals surface area (Å²) in [4.78, 5) is 0. The maximum atomic E-state index is 12.8. The number of nitrogens with one attached hydrogen (secondary N) is 2. The summed E-state index contributed by atoms with van der Waals surface area (Å²) < 4.78 is 49.5. The Labute approximate surface area is 105 Å². The van der Waals surface area contributed by atoms with E-state index in [4.69, 9.17) is 0 Å². The van der Waals surface area contributed by atoms with Crippen LogP contribution in [0.5, 0.6) is 0 Å². The molecule has 0 aliphatic carbocycles. The smallest absolute Gasteiger partial charge is 0.208 e. The Morgan fingerprint density at radius 1 is 1.11 bits per heavy atom. The molecule has 102 valence electrons. The Morgan fingerprint density at radius 3 is 2.28 bits per heavy atom. The van der Waals surface area contributed by atoms with Gasteiger partial charge in [0.2, 0.25) is 10.0 Å². The highest BCUT2D eigenvalue weighted by Gasteiger charge is 2.01. The summed E-state index contributed by atoms with van der Waals surface area (Å²) in [5.41, 5.74) is 0.517. The van der Waals surface area contributed by atoms with E-state index in [1.807, 2.05) is 0 Å². The minimum absolute atomic E-state index is 0.337. The Hall–Kier alpha value is -1.05. The minimum Gasteiger partial charge on any atom is -0.313 e. The summed E-state index contributed by atoms with van der Waals surface area (Å²) in [5, 5.41) is 2.97. The van der Waals surface area contributed by atoms with Crippen LogP contribution in [0.25, 0.3) is 0 Å². The van der Waals surface area contributed by atoms with Crippen molar-refractivity contribution in [2.45, 2.75) is 13.0 Å². The molecule has 2 N–H and O–H groups in total. The molecular formula is C11H16F2N2O2S. The lowest BCUT2D eigenvalue weighted by atomic mass is 10.2. The molecule has 0 atom stereocenters. The van der Waals surface area contributed by atoms with E-state index in [9.17, 15) is 17.2 Å². The van der Waals surface area contributed by atoms with Gasteiger partial charge in [-0.15, -0.1) is 0 Å². The summed E-state index contributed by atoms with van der Waals surface area (Å²) >= 11 is 0. The van der Waals surface area contributed by atoms with Crippen molar-refractivity contribution in [3.05, 3.63) is 35.4 Å². The van der Waals surface area contributed by atoms with Crippen LogP contribution < -0.4 is 10.0 Å². The van der Waals surface area contributed by atoms with E-state index < -0.39 is 21.7 Å². The number of hydrogen-bond donors (Lipinski definition) is 2. The van der Waals surface area contributed by atoms with Gasteiger partial charge in [0.15, 0.2) is 0 Å². The van der Waals surface area contributed by atoms with Crippen LogP contribution in [-0.4, -0.2) is 27.8 Å². The SMILES string of the molecule is CS(=O)(=O)NCCCNCc1cc(F)cc(F)c1. The number of sulfonamides is 1. The van der Waals surface area contributed by atoms with Gasteiger partial charge < -0.3 is 5.32 Å². The maximum Gasteiger partial charge on any atom is 0.208 e. The zero-order chi connectivity index (χ0) is 13.6. The summed E-state index contributed by atoms with van der Waals surface area (Å²) in [6, 6.07) is 3.33. The largest absolute Gasteiger partial charge is 0.313 e. The molecule has 0 spiro atoms. The van der Waals surface area contributed by atoms with Crippen molar-refractivity contribution in [2.24, 2.45) is 0 Å². The van der Waals surface area contributed by atoms with Gasteiger partial charge in [-0.2, -0.15) is 0 Å². The molecule has 18 heavy (non-hydrogen) atoms. The fourth-order valence-electron chi connectivity index (χ4n) is 1.42. The van der Waals surface area contributed by atoms with Crippen LogP contribution in [0.3, 0.4) is 0 Å². The first kappa shape index (κ1) is 15.0. The molecule has 0 aliphatic rings. The van der Waals surface area contributed by atoms with Crippen molar-refractivity contribution in [3.8, 4) is 0 Å². The van der Waals surface area contributed by atoms with E-state index in [2.05, 4.69) is 10.0 Å². The molecule has 0 fully saturated rings. The number of hydrogen-bond acceptors (Lipinski definition) is 3. The molecule has 4 nitrogen and oxygen atoms in total. The van der Waals surface area contributed by atoms with Crippen molar-refractivity contribution in [2.75, 3.05) is 19.3 Å². The van der Waals surface area contributed by atoms with Crippen LogP contribution in [0.4, 0.5) is 8.78 Å². The molecule has 0 aromatic heterocycles. The topological polar surface area (TPSA) is 58.2 Å². The third-order valence-corrected chi connectivity index (χ3v) is 2.87. The normalized spacial score (nSPS) is 11.7. The van der Waals surface area contributed by atoms with Gasteiger partial charge in [0.05, 0.1) is 6.26 Å². The Balaban J connectivity index is 2.22. The summed E-state index contributed by atoms with van der Waals surface area (Å²) in [6.45, 7) is 1.23. The van der Waals surface area contributed by atoms with Crippen molar-refractivity contribution in [1.29, 1.82) is 0 Å². The third-order valence-electron chi connectivity index (χ3n) is 2.15. The highest BCUT2D eigenvalue weighted by atomic mass is 32.2. The van der Waals surface area contributed by atoms with Gasteiger partial charge in [0.1, 0.15) is 11.6 Å². The zero-order valence-electron chi connectivity index (χ0n) is 10.0. The molecule has 0 saturated carbocycles. The highest BCUT2D eigenvalue weighted by molar-refractivity contribution is 7.88. The number of rotatable bonds is 7. The quantitative estimate of drug-likeness (QED) is 0.731. The lowest BCUT2D eigenvalue weighted by Gasteiger charge is -2.06. The predicted octanol–water partition coefficient (Wildman–Crippen LogP) is 0.994. The first-order valence-corrected chi connectivity index (χ1v) is 7.36. The molecule has 0 aliphatic heterocycles. The molecule has 0 saturated heterocycles. The fraction of sp³-hybridized carbons (Fsp3) is 0.455. The molecule has 1 aromatic rings. The summed E-state index contributed by atoms with van der Waals surface area (Å²) in [6.07, 6.45) is 1.70. The van der Waals surface area contributed by atoms with Crippen molar-refractivity contribution >= 4 is 10.0 Å². The lowest BCUT2D eigenvalue weighted by Crippen LogP contribution is -2.26. The van der Waals surface area contributed by atoms with Gasteiger partial charge >= 0.3 is 0 Å². The van der Waals surface area contributed by atoms with Crippen molar-refractivity contribution in [1.82, 2.24) is 10.0 Å². The Bertz CT molecular complexity index is 472. The van der Waals surface area contributed by atoms with E-state index in [0.29, 0.717) is 31.6 Å². The monoisotopic (exact) mass is 278 g/mol. The van der Waals surface area contributed by atoms with Crippen LogP contribution in [0.2, 0.25) is 0 Å². The Kier molecular flexibility index (Phi) is 5.64. The van der Waals surface area contributed by atoms with Crippen LogP contribution in [-0.2, 0) is 16.6 Å². The van der Waals surface area contributed by atoms with E-state index in [1.165, 1.54) is 12.1 Å². The zero-order valence-corrected chi connectivity index (χ0v) is 10.9. The predicted molar refractivity (Wildman–Crippen MR) is 65.5 cm³/mol. The minimum atomic E-state index is -3.15. The van der Waals surface area contributed by atoms with Crippen molar-refractivity contribution < 1.29 is 17.2 Å². The third kappa shape index (κ3) is 6.63. The molecule has 0 radical (unpaired) electrons. The number of halogens is 2. The van der Waals surface area contributed by atoms with Gasteiger partial charge in [0, 0.05) is 19.2 Å². The first-order valence-electron chi connectivity index (χ1n) is 5.47. The molecule has 0 unspecified atom stereocenters. The Morgan fingerprint density at radius 2 is 1.72 bits per heavy atom. The lowest BCUT2D eigenvalue weighted by molar-refractivity contribution is 0.568. The molecular weight excluding hydrogens is 262 g/mol. The maximum absolute atomic E-state index is 12.8. The molecule has 0 amide bonds. The molecule has 1 aromatic carbocycles. The van der Waals surface area contributed by atoms with Gasteiger partial charge in [0.25, 0.3) is 0 Å². The average Bonchev–Trinajstić information content (AvgIpc) is 2.20. The standard InChI is InChI=1S/C11H16F2N2O2S/c1-18(16,17)15-4-2-3-14-8-9-5-10(12)7-11(13)6-9/h5-7,14-15H,2-4,8H2,1H3. The van der Waals surface area contributed by atoms with E-state index in [0.717, 1.165) is 12.3 Å². The second-order valence-electron chi connectivity index (χ2n) is 3.97. The van der Waals surface area contributed by atoms with E-state index >= 15 is 0 Å². The van der Waals surface area contributed by atoms with Crippen LogP contribution in [0.1, 0.15) is 12.0 Å². The van der Waals surface area contributed by atoms with Gasteiger partial charge in [-0.05, 0) is 30.7 Å². The van der Waals surface area contributed by atoms with E-state index in [-0.39, 0.29) is 0 Å². The average molecular weight is 278 g/mol. The van der Waals surface area contributed by atoms with Gasteiger partial charge in [-0.1, -0.05) is 0 Å². The highest BCUT2D eigenvalue weighted by Crippen LogP contribution is 2.07. The molecule has 0 bridgehead atoms. The van der Waals surface area contributed by atoms with Gasteiger partial charge in [-0.3, -0.25) is 0 Å². The molecule has 0 heterocycles. The van der Waals surface area contributed by atoms with Crippen LogP contribution in [0.15, 0.2) is 18.2 Å².